The molecule has 9 heteroatoms. The lowest BCUT2D eigenvalue weighted by molar-refractivity contribution is -0.137. The van der Waals surface area contributed by atoms with Crippen LogP contribution in [0, 0.1) is 5.92 Å². The molecule has 2 aliphatic heterocycles. The van der Waals surface area contributed by atoms with Crippen LogP contribution in [-0.2, 0) is 9.53 Å². The van der Waals surface area contributed by atoms with Gasteiger partial charge in [0.15, 0.2) is 5.65 Å². The van der Waals surface area contributed by atoms with Gasteiger partial charge < -0.3 is 24.3 Å². The number of halogens is 1. The summed E-state index contributed by atoms with van der Waals surface area (Å²) in [6.07, 6.45) is 1.70. The fourth-order valence-electron chi connectivity index (χ4n) is 4.56. The van der Waals surface area contributed by atoms with Crippen LogP contribution in [0.3, 0.4) is 0 Å². The fourth-order valence-corrected chi connectivity index (χ4v) is 4.82. The van der Waals surface area contributed by atoms with Crippen molar-refractivity contribution in [3.8, 4) is 17.3 Å². The SMILES string of the molecule is CC(C)C(=O)N1CCCC(Oc2nc3nc(-c4ccc(N5CCOCC5)cc4)c(Cl)cc3[nH]2)C1. The summed E-state index contributed by atoms with van der Waals surface area (Å²) in [4.78, 5) is 29.0. The van der Waals surface area contributed by atoms with Gasteiger partial charge in [0, 0.05) is 36.8 Å². The molecular formula is C25H30ClN5O3. The summed E-state index contributed by atoms with van der Waals surface area (Å²) in [5.41, 5.74) is 4.06. The molecule has 0 radical (unpaired) electrons. The highest BCUT2D eigenvalue weighted by Crippen LogP contribution is 2.31. The molecule has 2 fully saturated rings. The summed E-state index contributed by atoms with van der Waals surface area (Å²) < 4.78 is 11.5. The third-order valence-electron chi connectivity index (χ3n) is 6.38. The summed E-state index contributed by atoms with van der Waals surface area (Å²) in [5.74, 6) is 0.147. The maximum absolute atomic E-state index is 12.4. The van der Waals surface area contributed by atoms with Crippen molar-refractivity contribution < 1.29 is 14.3 Å². The lowest BCUT2D eigenvalue weighted by Gasteiger charge is -2.33. The number of fused-ring (bicyclic) bond motifs is 1. The molecule has 0 spiro atoms. The number of H-pyrrole nitrogens is 1. The van der Waals surface area contributed by atoms with Gasteiger partial charge in [0.2, 0.25) is 5.91 Å². The van der Waals surface area contributed by atoms with Gasteiger partial charge in [0.05, 0.1) is 36.0 Å². The number of likely N-dealkylation sites (tertiary alicyclic amines) is 1. The Balaban J connectivity index is 1.32. The van der Waals surface area contributed by atoms with E-state index in [2.05, 4.69) is 27.0 Å². The maximum atomic E-state index is 12.4. The van der Waals surface area contributed by atoms with Gasteiger partial charge in [-0.3, -0.25) is 4.79 Å². The van der Waals surface area contributed by atoms with Gasteiger partial charge in [-0.2, -0.15) is 4.98 Å². The number of hydrogen-bond acceptors (Lipinski definition) is 6. The number of rotatable bonds is 5. The Morgan fingerprint density at radius 3 is 2.68 bits per heavy atom. The average Bonchev–Trinajstić information content (AvgIpc) is 3.24. The number of anilines is 1. The Hall–Kier alpha value is -2.84. The molecule has 1 atom stereocenters. The molecule has 180 valence electrons. The van der Waals surface area contributed by atoms with Gasteiger partial charge >= 0.3 is 0 Å². The first-order chi connectivity index (χ1) is 16.5. The van der Waals surface area contributed by atoms with Crippen LogP contribution in [0.2, 0.25) is 5.02 Å². The highest BCUT2D eigenvalue weighted by atomic mass is 35.5. The van der Waals surface area contributed by atoms with Gasteiger partial charge in [-0.05, 0) is 31.0 Å². The van der Waals surface area contributed by atoms with Crippen LogP contribution in [-0.4, -0.2) is 71.3 Å². The van der Waals surface area contributed by atoms with Crippen molar-refractivity contribution in [2.24, 2.45) is 5.92 Å². The number of aromatic amines is 1. The monoisotopic (exact) mass is 483 g/mol. The quantitative estimate of drug-likeness (QED) is 0.587. The van der Waals surface area contributed by atoms with Gasteiger partial charge in [0.25, 0.3) is 6.01 Å². The summed E-state index contributed by atoms with van der Waals surface area (Å²) >= 11 is 6.59. The number of benzene rings is 1. The van der Waals surface area contributed by atoms with E-state index in [-0.39, 0.29) is 17.9 Å². The highest BCUT2D eigenvalue weighted by molar-refractivity contribution is 6.33. The molecule has 8 nitrogen and oxygen atoms in total. The molecule has 1 unspecified atom stereocenters. The number of hydrogen-bond donors (Lipinski definition) is 1. The number of nitrogens with one attached hydrogen (secondary N) is 1. The zero-order valence-electron chi connectivity index (χ0n) is 19.6. The van der Waals surface area contributed by atoms with E-state index < -0.39 is 0 Å². The van der Waals surface area contributed by atoms with Gasteiger partial charge in [-0.15, -0.1) is 0 Å². The average molecular weight is 484 g/mol. The van der Waals surface area contributed by atoms with Crippen molar-refractivity contribution in [3.05, 3.63) is 35.4 Å². The second kappa shape index (κ2) is 9.80. The zero-order valence-corrected chi connectivity index (χ0v) is 20.3. The molecular weight excluding hydrogens is 454 g/mol. The third-order valence-corrected chi connectivity index (χ3v) is 6.67. The van der Waals surface area contributed by atoms with E-state index in [1.165, 1.54) is 0 Å². The van der Waals surface area contributed by atoms with E-state index in [9.17, 15) is 4.79 Å². The molecule has 0 saturated carbocycles. The van der Waals surface area contributed by atoms with E-state index in [0.29, 0.717) is 28.9 Å². The lowest BCUT2D eigenvalue weighted by atomic mass is 10.1. The molecule has 0 bridgehead atoms. The minimum absolute atomic E-state index is 0.0161. The molecule has 2 aromatic heterocycles. The molecule has 1 aromatic carbocycles. The van der Waals surface area contributed by atoms with Crippen LogP contribution in [0.5, 0.6) is 6.01 Å². The second-order valence-corrected chi connectivity index (χ2v) is 9.61. The molecule has 5 rings (SSSR count). The van der Waals surface area contributed by atoms with Crippen molar-refractivity contribution in [2.75, 3.05) is 44.3 Å². The van der Waals surface area contributed by atoms with Crippen LogP contribution in [0.1, 0.15) is 26.7 Å². The second-order valence-electron chi connectivity index (χ2n) is 9.20. The number of nitrogens with zero attached hydrogens (tertiary/aromatic N) is 4. The van der Waals surface area contributed by atoms with Crippen molar-refractivity contribution in [2.45, 2.75) is 32.8 Å². The number of morpholine rings is 1. The standard InChI is InChI=1S/C25H30ClN5O3/c1-16(2)24(32)31-9-3-4-19(15-31)34-25-27-21-14-20(26)22(28-23(21)29-25)17-5-7-18(8-6-17)30-10-12-33-13-11-30/h5-8,14,16,19H,3-4,9-13,15H2,1-2H3,(H,27,28,29). The summed E-state index contributed by atoms with van der Waals surface area (Å²) in [7, 11) is 0. The first-order valence-corrected chi connectivity index (χ1v) is 12.3. The molecule has 0 aliphatic carbocycles. The van der Waals surface area contributed by atoms with Crippen LogP contribution in [0.4, 0.5) is 5.69 Å². The molecule has 4 heterocycles. The fraction of sp³-hybridized carbons (Fsp3) is 0.480. The maximum Gasteiger partial charge on any atom is 0.296 e. The number of imidazole rings is 1. The number of pyridine rings is 1. The van der Waals surface area contributed by atoms with Crippen LogP contribution < -0.4 is 9.64 Å². The molecule has 34 heavy (non-hydrogen) atoms. The Morgan fingerprint density at radius 1 is 1.18 bits per heavy atom. The normalized spacial score (nSPS) is 19.1. The van der Waals surface area contributed by atoms with Crippen molar-refractivity contribution >= 4 is 34.4 Å². The summed E-state index contributed by atoms with van der Waals surface area (Å²) in [6, 6.07) is 10.5. The number of ether oxygens (including phenoxy) is 2. The minimum Gasteiger partial charge on any atom is -0.460 e. The van der Waals surface area contributed by atoms with Crippen molar-refractivity contribution in [1.82, 2.24) is 19.9 Å². The Morgan fingerprint density at radius 2 is 1.94 bits per heavy atom. The predicted molar refractivity (Wildman–Crippen MR) is 132 cm³/mol. The van der Waals surface area contributed by atoms with Gasteiger partial charge in [-0.25, -0.2) is 4.98 Å². The Kier molecular flexibility index (Phi) is 6.61. The number of amides is 1. The van der Waals surface area contributed by atoms with Crippen molar-refractivity contribution in [1.29, 1.82) is 0 Å². The molecule has 1 amide bonds. The van der Waals surface area contributed by atoms with Crippen LogP contribution in [0.15, 0.2) is 30.3 Å². The van der Waals surface area contributed by atoms with E-state index in [1.54, 1.807) is 0 Å². The molecule has 3 aromatic rings. The van der Waals surface area contributed by atoms with E-state index >= 15 is 0 Å². The third kappa shape index (κ3) is 4.83. The van der Waals surface area contributed by atoms with E-state index in [1.807, 2.05) is 36.9 Å². The Labute approximate surface area is 204 Å². The zero-order chi connectivity index (χ0) is 23.7. The molecule has 2 aliphatic rings. The summed E-state index contributed by atoms with van der Waals surface area (Å²) in [6.45, 7) is 8.50. The smallest absolute Gasteiger partial charge is 0.296 e. The van der Waals surface area contributed by atoms with Crippen LogP contribution in [0.25, 0.3) is 22.4 Å². The summed E-state index contributed by atoms with van der Waals surface area (Å²) in [5, 5.41) is 0.549. The number of carbonyl (C=O) groups excluding carboxylic acids is 1. The lowest BCUT2D eigenvalue weighted by Crippen LogP contribution is -2.45. The number of aromatic nitrogens is 3. The van der Waals surface area contributed by atoms with Gasteiger partial charge in [-0.1, -0.05) is 37.6 Å². The predicted octanol–water partition coefficient (Wildman–Crippen LogP) is 4.14. The largest absolute Gasteiger partial charge is 0.460 e. The van der Waals surface area contributed by atoms with Gasteiger partial charge in [0.1, 0.15) is 6.10 Å². The Bertz CT molecular complexity index is 1160. The van der Waals surface area contributed by atoms with E-state index in [4.69, 9.17) is 26.1 Å². The molecule has 1 N–H and O–H groups in total. The topological polar surface area (TPSA) is 83.6 Å². The van der Waals surface area contributed by atoms with Crippen LogP contribution >= 0.6 is 11.6 Å². The molecule has 2 saturated heterocycles. The van der Waals surface area contributed by atoms with Crippen molar-refractivity contribution in [3.63, 3.8) is 0 Å². The number of carbonyl (C=O) groups is 1. The highest BCUT2D eigenvalue weighted by Gasteiger charge is 2.27. The number of piperidine rings is 1. The first kappa shape index (κ1) is 22.9. The van der Waals surface area contributed by atoms with E-state index in [0.717, 1.165) is 62.5 Å². The minimum atomic E-state index is -0.0975. The first-order valence-electron chi connectivity index (χ1n) is 11.9.